The highest BCUT2D eigenvalue weighted by atomic mass is 79.9. The van der Waals surface area contributed by atoms with Crippen LogP contribution >= 0.6 is 15.9 Å². The van der Waals surface area contributed by atoms with Crippen LogP contribution < -0.4 is 10.5 Å². The zero-order chi connectivity index (χ0) is 14.3. The Hall–Kier alpha value is -0.700. The van der Waals surface area contributed by atoms with Crippen molar-refractivity contribution < 1.29 is 17.5 Å². The Morgan fingerprint density at radius 1 is 1.53 bits per heavy atom. The van der Waals surface area contributed by atoms with Crippen LogP contribution in [0.2, 0.25) is 0 Å². The van der Waals surface area contributed by atoms with Gasteiger partial charge in [0, 0.05) is 6.61 Å². The maximum Gasteiger partial charge on any atom is 0.243 e. The summed E-state index contributed by atoms with van der Waals surface area (Å²) in [6.07, 6.45) is 0.578. The molecule has 1 saturated heterocycles. The normalized spacial score (nSPS) is 23.7. The highest BCUT2D eigenvalue weighted by Crippen LogP contribution is 2.28. The summed E-state index contributed by atoms with van der Waals surface area (Å²) in [5.41, 5.74) is 4.79. The number of anilines is 1. The van der Waals surface area contributed by atoms with E-state index in [0.29, 0.717) is 19.6 Å². The van der Waals surface area contributed by atoms with Gasteiger partial charge in [-0.1, -0.05) is 0 Å². The molecule has 2 rings (SSSR count). The number of sulfonamides is 1. The standard InChI is InChI=1S/C11H14BrFN2O3S/c1-11(2-3-18-6-11)15-19(16,17)10-4-7(12)8(13)5-9(10)14/h4-5,15H,2-3,6,14H2,1H3. The average Bonchev–Trinajstić information content (AvgIpc) is 2.68. The van der Waals surface area contributed by atoms with E-state index in [2.05, 4.69) is 20.7 Å². The lowest BCUT2D eigenvalue weighted by Crippen LogP contribution is -2.46. The summed E-state index contributed by atoms with van der Waals surface area (Å²) < 4.78 is 45.6. The summed E-state index contributed by atoms with van der Waals surface area (Å²) in [7, 11) is -3.82. The molecule has 0 bridgehead atoms. The maximum absolute atomic E-state index is 13.3. The quantitative estimate of drug-likeness (QED) is 0.810. The van der Waals surface area contributed by atoms with Crippen LogP contribution in [0.4, 0.5) is 10.1 Å². The van der Waals surface area contributed by atoms with Gasteiger partial charge in [0.1, 0.15) is 10.7 Å². The molecule has 5 nitrogen and oxygen atoms in total. The van der Waals surface area contributed by atoms with E-state index in [1.54, 1.807) is 6.92 Å². The lowest BCUT2D eigenvalue weighted by Gasteiger charge is -2.23. The highest BCUT2D eigenvalue weighted by Gasteiger charge is 2.35. The van der Waals surface area contributed by atoms with Crippen molar-refractivity contribution in [3.63, 3.8) is 0 Å². The van der Waals surface area contributed by atoms with Gasteiger partial charge in [0.15, 0.2) is 0 Å². The van der Waals surface area contributed by atoms with Crippen molar-refractivity contribution in [2.75, 3.05) is 18.9 Å². The van der Waals surface area contributed by atoms with Crippen LogP contribution in [-0.2, 0) is 14.8 Å². The SMILES string of the molecule is CC1(NS(=O)(=O)c2cc(Br)c(F)cc2N)CCOC1. The van der Waals surface area contributed by atoms with E-state index in [4.69, 9.17) is 10.5 Å². The summed E-state index contributed by atoms with van der Waals surface area (Å²) in [6, 6.07) is 2.14. The van der Waals surface area contributed by atoms with Crippen molar-refractivity contribution >= 4 is 31.6 Å². The van der Waals surface area contributed by atoms with Crippen LogP contribution in [0, 0.1) is 5.82 Å². The molecule has 0 saturated carbocycles. The zero-order valence-corrected chi connectivity index (χ0v) is 12.6. The minimum atomic E-state index is -3.82. The lowest BCUT2D eigenvalue weighted by molar-refractivity contribution is 0.178. The molecule has 1 aromatic carbocycles. The lowest BCUT2D eigenvalue weighted by atomic mass is 10.0. The van der Waals surface area contributed by atoms with Crippen molar-refractivity contribution in [2.45, 2.75) is 23.8 Å². The van der Waals surface area contributed by atoms with E-state index in [9.17, 15) is 12.8 Å². The Morgan fingerprint density at radius 2 is 2.21 bits per heavy atom. The van der Waals surface area contributed by atoms with Crippen molar-refractivity contribution in [1.29, 1.82) is 0 Å². The monoisotopic (exact) mass is 352 g/mol. The molecular formula is C11H14BrFN2O3S. The third-order valence-corrected chi connectivity index (χ3v) is 5.24. The first-order chi connectivity index (χ1) is 8.73. The molecule has 1 fully saturated rings. The second kappa shape index (κ2) is 5.01. The third-order valence-electron chi connectivity index (χ3n) is 2.94. The summed E-state index contributed by atoms with van der Waals surface area (Å²) >= 11 is 2.95. The van der Waals surface area contributed by atoms with Gasteiger partial charge in [0.2, 0.25) is 10.0 Å². The van der Waals surface area contributed by atoms with Gasteiger partial charge in [-0.25, -0.2) is 17.5 Å². The van der Waals surface area contributed by atoms with Gasteiger partial charge >= 0.3 is 0 Å². The Kier molecular flexibility index (Phi) is 3.87. The van der Waals surface area contributed by atoms with E-state index < -0.39 is 21.4 Å². The van der Waals surface area contributed by atoms with E-state index in [0.717, 1.165) is 12.1 Å². The van der Waals surface area contributed by atoms with Crippen molar-refractivity contribution in [1.82, 2.24) is 4.72 Å². The fraction of sp³-hybridized carbons (Fsp3) is 0.455. The average molecular weight is 353 g/mol. The number of halogens is 2. The third kappa shape index (κ3) is 3.07. The van der Waals surface area contributed by atoms with Gasteiger partial charge < -0.3 is 10.5 Å². The number of nitrogens with one attached hydrogen (secondary N) is 1. The molecule has 0 spiro atoms. The van der Waals surface area contributed by atoms with Gasteiger partial charge in [-0.2, -0.15) is 0 Å². The first-order valence-corrected chi connectivity index (χ1v) is 7.87. The fourth-order valence-electron chi connectivity index (χ4n) is 1.90. The van der Waals surface area contributed by atoms with Crippen LogP contribution in [0.5, 0.6) is 0 Å². The smallest absolute Gasteiger partial charge is 0.243 e. The molecule has 3 N–H and O–H groups in total. The summed E-state index contributed by atoms with van der Waals surface area (Å²) in [5, 5.41) is 0. The molecule has 0 amide bonds. The molecule has 1 heterocycles. The summed E-state index contributed by atoms with van der Waals surface area (Å²) in [5.74, 6) is -0.605. The predicted octanol–water partition coefficient (Wildman–Crippen LogP) is 1.63. The number of nitrogens with two attached hydrogens (primary N) is 1. The molecule has 0 radical (unpaired) electrons. The zero-order valence-electron chi connectivity index (χ0n) is 10.2. The Morgan fingerprint density at radius 3 is 2.79 bits per heavy atom. The van der Waals surface area contributed by atoms with Crippen LogP contribution in [-0.4, -0.2) is 27.2 Å². The van der Waals surface area contributed by atoms with E-state index in [-0.39, 0.29) is 15.1 Å². The second-order valence-corrected chi connectivity index (χ2v) is 7.28. The molecule has 1 aromatic rings. The van der Waals surface area contributed by atoms with Gasteiger partial charge in [-0.05, 0) is 41.4 Å². The van der Waals surface area contributed by atoms with Gasteiger partial charge in [0.25, 0.3) is 0 Å². The highest BCUT2D eigenvalue weighted by molar-refractivity contribution is 9.10. The predicted molar refractivity (Wildman–Crippen MR) is 72.7 cm³/mol. The first-order valence-electron chi connectivity index (χ1n) is 5.60. The Labute approximate surface area is 119 Å². The van der Waals surface area contributed by atoms with Crippen LogP contribution in [0.3, 0.4) is 0 Å². The molecular weight excluding hydrogens is 339 g/mol. The Balaban J connectivity index is 2.37. The molecule has 1 unspecified atom stereocenters. The minimum absolute atomic E-state index is 0.0508. The van der Waals surface area contributed by atoms with Gasteiger partial charge in [-0.15, -0.1) is 0 Å². The van der Waals surface area contributed by atoms with Gasteiger partial charge in [0.05, 0.1) is 22.3 Å². The number of ether oxygens (including phenoxy) is 1. The van der Waals surface area contributed by atoms with Crippen LogP contribution in [0.25, 0.3) is 0 Å². The summed E-state index contributed by atoms with van der Waals surface area (Å²) in [4.78, 5) is -0.145. The van der Waals surface area contributed by atoms with E-state index >= 15 is 0 Å². The number of rotatable bonds is 3. The molecule has 1 atom stereocenters. The van der Waals surface area contributed by atoms with Crippen LogP contribution in [0.15, 0.2) is 21.5 Å². The topological polar surface area (TPSA) is 81.4 Å². The van der Waals surface area contributed by atoms with E-state index in [1.165, 1.54) is 0 Å². The molecule has 0 aromatic heterocycles. The van der Waals surface area contributed by atoms with E-state index in [1.807, 2.05) is 0 Å². The number of hydrogen-bond donors (Lipinski definition) is 2. The Bertz CT molecular complexity index is 600. The van der Waals surface area contributed by atoms with Gasteiger partial charge in [-0.3, -0.25) is 0 Å². The molecule has 1 aliphatic heterocycles. The van der Waals surface area contributed by atoms with Crippen molar-refractivity contribution in [3.05, 3.63) is 22.4 Å². The maximum atomic E-state index is 13.3. The molecule has 8 heteroatoms. The van der Waals surface area contributed by atoms with Crippen molar-refractivity contribution in [2.24, 2.45) is 0 Å². The molecule has 106 valence electrons. The van der Waals surface area contributed by atoms with Crippen molar-refractivity contribution in [3.8, 4) is 0 Å². The first kappa shape index (κ1) is 14.7. The minimum Gasteiger partial charge on any atom is -0.398 e. The second-order valence-electron chi connectivity index (χ2n) is 4.77. The van der Waals surface area contributed by atoms with Crippen LogP contribution in [0.1, 0.15) is 13.3 Å². The molecule has 19 heavy (non-hydrogen) atoms. The number of hydrogen-bond acceptors (Lipinski definition) is 4. The molecule has 0 aliphatic carbocycles. The molecule has 1 aliphatic rings. The summed E-state index contributed by atoms with van der Waals surface area (Å²) in [6.45, 7) is 2.56. The fourth-order valence-corrected chi connectivity index (χ4v) is 3.96. The number of benzene rings is 1. The largest absolute Gasteiger partial charge is 0.398 e. The number of nitrogen functional groups attached to an aromatic ring is 1.